The van der Waals surface area contributed by atoms with Crippen molar-refractivity contribution in [3.8, 4) is 0 Å². The third-order valence-electron chi connectivity index (χ3n) is 7.62. The molecule has 0 bridgehead atoms. The van der Waals surface area contributed by atoms with Crippen LogP contribution in [-0.4, -0.2) is 4.98 Å². The number of aromatic nitrogens is 1. The first-order valence-corrected chi connectivity index (χ1v) is 21.5. The van der Waals surface area contributed by atoms with Gasteiger partial charge < -0.3 is 0 Å². The van der Waals surface area contributed by atoms with Crippen LogP contribution in [0, 0.1) is 0 Å². The maximum absolute atomic E-state index is 4.96. The van der Waals surface area contributed by atoms with Gasteiger partial charge in [0.25, 0.3) is 0 Å². The molecule has 2 aromatic carbocycles. The molecule has 0 saturated carbocycles. The number of benzene rings is 2. The van der Waals surface area contributed by atoms with Crippen LogP contribution < -0.4 is 0 Å². The number of pyridine rings is 1. The Morgan fingerprint density at radius 2 is 1.49 bits per heavy atom. The van der Waals surface area contributed by atoms with Crippen LogP contribution in [0.15, 0.2) is 102 Å². The van der Waals surface area contributed by atoms with Crippen LogP contribution in [0.3, 0.4) is 0 Å². The average Bonchev–Trinajstić information content (AvgIpc) is 3.13. The number of aryl methyl sites for hydroxylation is 1. The van der Waals surface area contributed by atoms with Crippen LogP contribution in [-0.2, 0) is 33.5 Å². The third-order valence-corrected chi connectivity index (χ3v) is 29.6. The predicted octanol–water partition coefficient (Wildman–Crippen LogP) is 9.38. The molecule has 182 valence electrons. The van der Waals surface area contributed by atoms with Gasteiger partial charge in [-0.15, -0.1) is 0 Å². The van der Waals surface area contributed by atoms with E-state index in [0.29, 0.717) is 5.25 Å². The van der Waals surface area contributed by atoms with E-state index in [1.54, 1.807) is 5.57 Å². The summed E-state index contributed by atoms with van der Waals surface area (Å²) in [4.78, 5) is 4.96. The fourth-order valence-electron chi connectivity index (χ4n) is 5.77. The SMILES string of the molecule is CCCc1cccnc1C(C)[S][Zr]([CH2]c1ccccc1)([CH2]c1ccccc1)[C]1(C)C=C(C)C=C1C. The Kier molecular flexibility index (Phi) is 8.72. The summed E-state index contributed by atoms with van der Waals surface area (Å²) in [5.74, 6) is 0. The molecule has 1 aliphatic carbocycles. The van der Waals surface area contributed by atoms with Crippen molar-refractivity contribution in [3.05, 3.63) is 125 Å². The molecule has 2 atom stereocenters. The van der Waals surface area contributed by atoms with Crippen LogP contribution in [0.4, 0.5) is 0 Å². The summed E-state index contributed by atoms with van der Waals surface area (Å²) in [7, 11) is 2.34. The van der Waals surface area contributed by atoms with Crippen molar-refractivity contribution < 1.29 is 18.8 Å². The first kappa shape index (κ1) is 26.4. The van der Waals surface area contributed by atoms with Gasteiger partial charge in [-0.1, -0.05) is 0 Å². The van der Waals surface area contributed by atoms with Gasteiger partial charge in [0.1, 0.15) is 0 Å². The van der Waals surface area contributed by atoms with Gasteiger partial charge in [0, 0.05) is 0 Å². The van der Waals surface area contributed by atoms with Crippen molar-refractivity contribution in [2.45, 2.75) is 64.1 Å². The second kappa shape index (κ2) is 11.6. The molecule has 0 aliphatic heterocycles. The quantitative estimate of drug-likeness (QED) is 0.245. The monoisotopic (exact) mass is 559 g/mol. The topological polar surface area (TPSA) is 12.9 Å². The Hall–Kier alpha value is -1.70. The zero-order chi connectivity index (χ0) is 24.9. The number of rotatable bonds is 10. The molecule has 2 unspecified atom stereocenters. The van der Waals surface area contributed by atoms with Crippen LogP contribution in [0.1, 0.15) is 68.7 Å². The van der Waals surface area contributed by atoms with E-state index in [9.17, 15) is 0 Å². The Balaban J connectivity index is 1.86. The normalized spacial score (nSPS) is 18.8. The van der Waals surface area contributed by atoms with Gasteiger partial charge >= 0.3 is 221 Å². The van der Waals surface area contributed by atoms with E-state index in [0.717, 1.165) is 12.8 Å². The Bertz CT molecular complexity index is 1140. The molecule has 1 aromatic heterocycles. The minimum absolute atomic E-state index is 0.142. The molecule has 0 spiro atoms. The molecule has 0 saturated heterocycles. The maximum atomic E-state index is 4.96. The molecule has 0 amide bonds. The molecule has 3 heteroatoms. The Morgan fingerprint density at radius 1 is 0.886 bits per heavy atom. The second-order valence-electron chi connectivity index (χ2n) is 10.3. The van der Waals surface area contributed by atoms with E-state index >= 15 is 0 Å². The van der Waals surface area contributed by atoms with E-state index in [4.69, 9.17) is 4.98 Å². The molecule has 1 nitrogen and oxygen atoms in total. The zero-order valence-electron chi connectivity index (χ0n) is 21.9. The van der Waals surface area contributed by atoms with Gasteiger partial charge in [0.2, 0.25) is 0 Å². The summed E-state index contributed by atoms with van der Waals surface area (Å²) >= 11 is -3.19. The van der Waals surface area contributed by atoms with E-state index < -0.39 is 18.8 Å². The van der Waals surface area contributed by atoms with Crippen molar-refractivity contribution in [2.24, 2.45) is 0 Å². The van der Waals surface area contributed by atoms with Gasteiger partial charge in [0.15, 0.2) is 0 Å². The van der Waals surface area contributed by atoms with Gasteiger partial charge in [0.05, 0.1) is 0 Å². The second-order valence-corrected chi connectivity index (χ2v) is 26.8. The van der Waals surface area contributed by atoms with Crippen molar-refractivity contribution in [1.82, 2.24) is 4.98 Å². The van der Waals surface area contributed by atoms with Gasteiger partial charge in [-0.3, -0.25) is 0 Å². The molecule has 1 heterocycles. The fourth-order valence-corrected chi connectivity index (χ4v) is 29.0. The van der Waals surface area contributed by atoms with Crippen LogP contribution >= 0.6 is 8.52 Å². The van der Waals surface area contributed by atoms with Crippen molar-refractivity contribution in [1.29, 1.82) is 0 Å². The van der Waals surface area contributed by atoms with Crippen LogP contribution in [0.5, 0.6) is 0 Å². The van der Waals surface area contributed by atoms with Crippen molar-refractivity contribution >= 4 is 8.52 Å². The summed E-state index contributed by atoms with van der Waals surface area (Å²) in [6.07, 6.45) is 9.30. The molecule has 0 N–H and O–H groups in total. The summed E-state index contributed by atoms with van der Waals surface area (Å²) in [6.45, 7) is 11.9. The molecule has 0 radical (unpaired) electrons. The zero-order valence-corrected chi connectivity index (χ0v) is 25.2. The van der Waals surface area contributed by atoms with Crippen LogP contribution in [0.2, 0.25) is 3.12 Å². The predicted molar refractivity (Wildman–Crippen MR) is 150 cm³/mol. The fraction of sp³-hybridized carbons (Fsp3) is 0.344. The molecular formula is C32H39NSZr. The van der Waals surface area contributed by atoms with Crippen molar-refractivity contribution in [2.75, 3.05) is 0 Å². The molecule has 0 fully saturated rings. The number of nitrogens with zero attached hydrogens (tertiary/aromatic N) is 1. The van der Waals surface area contributed by atoms with Gasteiger partial charge in [-0.25, -0.2) is 0 Å². The molecule has 1 aliphatic rings. The van der Waals surface area contributed by atoms with E-state index in [-0.39, 0.29) is 3.12 Å². The Morgan fingerprint density at radius 3 is 2.00 bits per heavy atom. The standard InChI is InChI=1S/C10H15NS.C8H11.2C7H7.Zr/c1-3-5-9-6-4-7-11-10(9)8(2)12;1-6-4-7(2)8(3)5-6;2*1-7-5-3-2-4-6-7;/h4,6-8,12H,3,5H2,1-2H3;4-5H,1-3H3;2*2-6H,1H2;/q;;;;+1/p-1. The first-order chi connectivity index (χ1) is 16.9. The first-order valence-electron chi connectivity index (χ1n) is 12.9. The molecular weight excluding hydrogens is 522 g/mol. The third kappa shape index (κ3) is 5.83. The van der Waals surface area contributed by atoms with Crippen molar-refractivity contribution in [3.63, 3.8) is 0 Å². The summed E-state index contributed by atoms with van der Waals surface area (Å²) in [5, 5.41) is 0.375. The average molecular weight is 561 g/mol. The summed E-state index contributed by atoms with van der Waals surface area (Å²) in [5.41, 5.74) is 8.66. The number of hydrogen-bond donors (Lipinski definition) is 0. The van der Waals surface area contributed by atoms with E-state index in [2.05, 4.69) is 128 Å². The Labute approximate surface area is 219 Å². The van der Waals surface area contributed by atoms with Gasteiger partial charge in [-0.05, 0) is 0 Å². The number of hydrogen-bond acceptors (Lipinski definition) is 2. The van der Waals surface area contributed by atoms with Gasteiger partial charge in [-0.2, -0.15) is 0 Å². The molecule has 3 aromatic rings. The molecule has 35 heavy (non-hydrogen) atoms. The summed E-state index contributed by atoms with van der Waals surface area (Å²) < 4.78 is 2.56. The molecule has 4 rings (SSSR count). The van der Waals surface area contributed by atoms with Crippen LogP contribution in [0.25, 0.3) is 0 Å². The minimum atomic E-state index is -3.19. The number of allylic oxidation sites excluding steroid dienone is 4. The summed E-state index contributed by atoms with van der Waals surface area (Å²) in [6, 6.07) is 26.9. The van der Waals surface area contributed by atoms with E-state index in [1.165, 1.54) is 36.2 Å². The van der Waals surface area contributed by atoms with E-state index in [1.807, 2.05) is 6.20 Å².